The van der Waals surface area contributed by atoms with Crippen LogP contribution >= 0.6 is 0 Å². The standard InChI is InChI=1S/C30H37N3O5S/c1-6-28(30(35)31-22(2)3)32(20-24-10-8-7-9-11-24)29(34)21-33(25-14-16-26(38-5)17-15-25)39(36,37)27-18-12-23(4)13-19-27/h7-19,22,28H,6,20-21H2,1-5H3,(H,31,35). The monoisotopic (exact) mass is 551 g/mol. The van der Waals surface area contributed by atoms with Gasteiger partial charge in [-0.15, -0.1) is 0 Å². The van der Waals surface area contributed by atoms with Gasteiger partial charge in [0, 0.05) is 12.6 Å². The molecule has 0 aliphatic heterocycles. The van der Waals surface area contributed by atoms with Crippen molar-refractivity contribution in [2.24, 2.45) is 0 Å². The molecule has 0 saturated carbocycles. The van der Waals surface area contributed by atoms with Crippen molar-refractivity contribution in [1.82, 2.24) is 10.2 Å². The first kappa shape index (κ1) is 29.7. The molecule has 0 fully saturated rings. The lowest BCUT2D eigenvalue weighted by Crippen LogP contribution is -2.53. The molecule has 8 nitrogen and oxygen atoms in total. The van der Waals surface area contributed by atoms with Crippen LogP contribution in [0.25, 0.3) is 0 Å². The molecule has 0 aliphatic rings. The Morgan fingerprint density at radius 1 is 0.923 bits per heavy atom. The molecule has 208 valence electrons. The number of hydrogen-bond donors (Lipinski definition) is 1. The number of methoxy groups -OCH3 is 1. The fourth-order valence-electron chi connectivity index (χ4n) is 4.20. The van der Waals surface area contributed by atoms with E-state index in [0.717, 1.165) is 15.4 Å². The largest absolute Gasteiger partial charge is 0.497 e. The third-order valence-corrected chi connectivity index (χ3v) is 8.05. The summed E-state index contributed by atoms with van der Waals surface area (Å²) in [5.74, 6) is -0.217. The molecule has 0 heterocycles. The number of amides is 2. The van der Waals surface area contributed by atoms with Crippen LogP contribution < -0.4 is 14.4 Å². The highest BCUT2D eigenvalue weighted by molar-refractivity contribution is 7.92. The van der Waals surface area contributed by atoms with Crippen molar-refractivity contribution in [3.05, 3.63) is 90.0 Å². The second-order valence-electron chi connectivity index (χ2n) is 9.62. The van der Waals surface area contributed by atoms with Crippen LogP contribution in [0.2, 0.25) is 0 Å². The lowest BCUT2D eigenvalue weighted by Gasteiger charge is -2.33. The first-order valence-corrected chi connectivity index (χ1v) is 14.4. The molecule has 0 saturated heterocycles. The van der Waals surface area contributed by atoms with Crippen molar-refractivity contribution >= 4 is 27.5 Å². The van der Waals surface area contributed by atoms with Crippen molar-refractivity contribution in [3.63, 3.8) is 0 Å². The van der Waals surface area contributed by atoms with Crippen LogP contribution in [0, 0.1) is 6.92 Å². The van der Waals surface area contributed by atoms with Gasteiger partial charge in [0.25, 0.3) is 10.0 Å². The number of aryl methyl sites for hydroxylation is 1. The van der Waals surface area contributed by atoms with Gasteiger partial charge in [-0.1, -0.05) is 55.0 Å². The summed E-state index contributed by atoms with van der Waals surface area (Å²) in [4.78, 5) is 28.7. The number of benzene rings is 3. The summed E-state index contributed by atoms with van der Waals surface area (Å²) < 4.78 is 34.1. The molecule has 3 rings (SSSR count). The molecule has 3 aromatic carbocycles. The normalized spacial score (nSPS) is 12.1. The molecule has 1 atom stereocenters. The summed E-state index contributed by atoms with van der Waals surface area (Å²) in [5.41, 5.74) is 2.06. The summed E-state index contributed by atoms with van der Waals surface area (Å²) in [6.45, 7) is 7.09. The van der Waals surface area contributed by atoms with E-state index in [-0.39, 0.29) is 23.4 Å². The molecular weight excluding hydrogens is 514 g/mol. The van der Waals surface area contributed by atoms with Crippen molar-refractivity contribution in [2.75, 3.05) is 18.0 Å². The fourth-order valence-corrected chi connectivity index (χ4v) is 5.61. The smallest absolute Gasteiger partial charge is 0.264 e. The summed E-state index contributed by atoms with van der Waals surface area (Å²) in [7, 11) is -2.60. The van der Waals surface area contributed by atoms with Crippen LogP contribution in [0.3, 0.4) is 0 Å². The summed E-state index contributed by atoms with van der Waals surface area (Å²) in [5, 5.41) is 2.90. The Morgan fingerprint density at radius 3 is 2.08 bits per heavy atom. The first-order valence-electron chi connectivity index (χ1n) is 12.9. The molecule has 0 bridgehead atoms. The van der Waals surface area contributed by atoms with Gasteiger partial charge in [0.2, 0.25) is 11.8 Å². The van der Waals surface area contributed by atoms with E-state index < -0.39 is 28.5 Å². The van der Waals surface area contributed by atoms with E-state index in [1.165, 1.54) is 24.1 Å². The zero-order valence-electron chi connectivity index (χ0n) is 23.1. The maximum Gasteiger partial charge on any atom is 0.264 e. The number of anilines is 1. The van der Waals surface area contributed by atoms with Gasteiger partial charge in [-0.25, -0.2) is 8.42 Å². The maximum absolute atomic E-state index is 14.0. The predicted octanol–water partition coefficient (Wildman–Crippen LogP) is 4.53. The van der Waals surface area contributed by atoms with Crippen molar-refractivity contribution < 1.29 is 22.7 Å². The van der Waals surface area contributed by atoms with Crippen LogP contribution in [0.1, 0.15) is 38.3 Å². The van der Waals surface area contributed by atoms with E-state index in [2.05, 4.69) is 5.32 Å². The van der Waals surface area contributed by atoms with Crippen LogP contribution in [0.5, 0.6) is 5.75 Å². The van der Waals surface area contributed by atoms with E-state index >= 15 is 0 Å². The molecule has 9 heteroatoms. The average molecular weight is 552 g/mol. The van der Waals surface area contributed by atoms with E-state index in [0.29, 0.717) is 17.9 Å². The van der Waals surface area contributed by atoms with Gasteiger partial charge >= 0.3 is 0 Å². The molecule has 0 aliphatic carbocycles. The molecule has 39 heavy (non-hydrogen) atoms. The summed E-state index contributed by atoms with van der Waals surface area (Å²) >= 11 is 0. The molecule has 3 aromatic rings. The van der Waals surface area contributed by atoms with Crippen LogP contribution in [-0.2, 0) is 26.2 Å². The highest BCUT2D eigenvalue weighted by Crippen LogP contribution is 2.27. The molecule has 0 spiro atoms. The number of carbonyl (C=O) groups is 2. The minimum atomic E-state index is -4.12. The topological polar surface area (TPSA) is 96.0 Å². The summed E-state index contributed by atoms with van der Waals surface area (Å²) in [6, 6.07) is 21.4. The first-order chi connectivity index (χ1) is 18.6. The minimum absolute atomic E-state index is 0.0657. The Balaban J connectivity index is 2.05. The molecule has 0 aromatic heterocycles. The molecule has 0 radical (unpaired) electrons. The third-order valence-electron chi connectivity index (χ3n) is 6.26. The Morgan fingerprint density at radius 2 is 1.54 bits per heavy atom. The SMILES string of the molecule is CCC(C(=O)NC(C)C)N(Cc1ccccc1)C(=O)CN(c1ccc(OC)cc1)S(=O)(=O)c1ccc(C)cc1. The number of carbonyl (C=O) groups excluding carboxylic acids is 2. The number of sulfonamides is 1. The van der Waals surface area contributed by atoms with Crippen molar-refractivity contribution in [1.29, 1.82) is 0 Å². The lowest BCUT2D eigenvalue weighted by atomic mass is 10.1. The van der Waals surface area contributed by atoms with E-state index in [4.69, 9.17) is 4.74 Å². The highest BCUT2D eigenvalue weighted by atomic mass is 32.2. The second-order valence-corrected chi connectivity index (χ2v) is 11.5. The van der Waals surface area contributed by atoms with E-state index in [1.807, 2.05) is 58.0 Å². The second kappa shape index (κ2) is 13.3. The third kappa shape index (κ3) is 7.60. The fraction of sp³-hybridized carbons (Fsp3) is 0.333. The highest BCUT2D eigenvalue weighted by Gasteiger charge is 2.33. The van der Waals surface area contributed by atoms with E-state index in [1.54, 1.807) is 36.4 Å². The van der Waals surface area contributed by atoms with Gasteiger partial charge in [0.1, 0.15) is 18.3 Å². The number of hydrogen-bond acceptors (Lipinski definition) is 5. The Hall–Kier alpha value is -3.85. The Bertz CT molecular complexity index is 1340. The van der Waals surface area contributed by atoms with E-state index in [9.17, 15) is 18.0 Å². The average Bonchev–Trinajstić information content (AvgIpc) is 2.92. The van der Waals surface area contributed by atoms with Gasteiger partial charge in [0.15, 0.2) is 0 Å². The number of rotatable bonds is 12. The van der Waals surface area contributed by atoms with Gasteiger partial charge in [-0.2, -0.15) is 0 Å². The molecule has 1 N–H and O–H groups in total. The van der Waals surface area contributed by atoms with Crippen LogP contribution in [0.15, 0.2) is 83.8 Å². The quantitative estimate of drug-likeness (QED) is 0.357. The minimum Gasteiger partial charge on any atom is -0.497 e. The van der Waals surface area contributed by atoms with Gasteiger partial charge < -0.3 is 15.0 Å². The lowest BCUT2D eigenvalue weighted by molar-refractivity contribution is -0.140. The zero-order chi connectivity index (χ0) is 28.6. The Kier molecular flexibility index (Phi) is 10.1. The number of ether oxygens (including phenoxy) is 1. The van der Waals surface area contributed by atoms with Crippen molar-refractivity contribution in [3.8, 4) is 5.75 Å². The molecule has 1 unspecified atom stereocenters. The van der Waals surface area contributed by atoms with Gasteiger partial charge in [-0.05, 0) is 69.2 Å². The van der Waals surface area contributed by atoms with Gasteiger partial charge in [0.05, 0.1) is 17.7 Å². The van der Waals surface area contributed by atoms with Crippen LogP contribution in [0.4, 0.5) is 5.69 Å². The van der Waals surface area contributed by atoms with Crippen molar-refractivity contribution in [2.45, 2.75) is 57.6 Å². The number of nitrogens with zero attached hydrogens (tertiary/aromatic N) is 2. The molecular formula is C30H37N3O5S. The Labute approximate surface area is 231 Å². The van der Waals surface area contributed by atoms with Crippen LogP contribution in [-0.4, -0.2) is 50.9 Å². The summed E-state index contributed by atoms with van der Waals surface area (Å²) in [6.07, 6.45) is 0.365. The number of nitrogens with one attached hydrogen (secondary N) is 1. The zero-order valence-corrected chi connectivity index (χ0v) is 23.9. The van der Waals surface area contributed by atoms with Gasteiger partial charge in [-0.3, -0.25) is 13.9 Å². The predicted molar refractivity (Wildman–Crippen MR) is 153 cm³/mol. The molecule has 2 amide bonds. The maximum atomic E-state index is 14.0.